The molecule has 2 heterocycles. The molecule has 5 nitrogen and oxygen atoms in total. The average molecular weight is 406 g/mol. The second-order valence-corrected chi connectivity index (χ2v) is 8.41. The van der Waals surface area contributed by atoms with Crippen LogP contribution in [0.25, 0.3) is 11.3 Å². The number of amides is 2. The highest BCUT2D eigenvalue weighted by Gasteiger charge is 2.37. The van der Waals surface area contributed by atoms with Gasteiger partial charge in [0.1, 0.15) is 0 Å². The van der Waals surface area contributed by atoms with Crippen molar-refractivity contribution in [1.29, 1.82) is 0 Å². The van der Waals surface area contributed by atoms with Crippen molar-refractivity contribution in [2.75, 3.05) is 11.9 Å². The number of rotatable bonds is 5. The first-order valence-corrected chi connectivity index (χ1v) is 10.6. The number of nitrogens with zero attached hydrogens (tertiary/aromatic N) is 2. The number of anilines is 1. The van der Waals surface area contributed by atoms with E-state index in [0.717, 1.165) is 27.5 Å². The Morgan fingerprint density at radius 1 is 1.17 bits per heavy atom. The molecule has 1 aromatic heterocycles. The van der Waals surface area contributed by atoms with E-state index in [1.165, 1.54) is 0 Å². The molecule has 1 aliphatic rings. The Bertz CT molecular complexity index is 1010. The smallest absolute Gasteiger partial charge is 0.229 e. The number of thiazole rings is 1. The standard InChI is InChI=1S/C23H23N3O2S/c1-15(17-6-4-3-5-7-17)26-13-19(12-22(26)27)23(28)25-20-10-8-18(9-11-20)21-14-29-16(2)24-21/h3-11,14-15,19H,12-13H2,1-2H3,(H,25,28)/t15-,19-/m0/s1. The van der Waals surface area contributed by atoms with Gasteiger partial charge in [-0.15, -0.1) is 11.3 Å². The Morgan fingerprint density at radius 2 is 1.90 bits per heavy atom. The molecule has 2 atom stereocenters. The highest BCUT2D eigenvalue weighted by molar-refractivity contribution is 7.09. The minimum Gasteiger partial charge on any atom is -0.335 e. The van der Waals surface area contributed by atoms with Crippen molar-refractivity contribution in [1.82, 2.24) is 9.88 Å². The Hall–Kier alpha value is -2.99. The predicted octanol–water partition coefficient (Wildman–Crippen LogP) is 4.67. The molecule has 0 saturated carbocycles. The summed E-state index contributed by atoms with van der Waals surface area (Å²) in [6.45, 7) is 4.43. The zero-order valence-electron chi connectivity index (χ0n) is 16.5. The predicted molar refractivity (Wildman–Crippen MR) is 116 cm³/mol. The third kappa shape index (κ3) is 4.22. The maximum Gasteiger partial charge on any atom is 0.229 e. The van der Waals surface area contributed by atoms with E-state index >= 15 is 0 Å². The lowest BCUT2D eigenvalue weighted by Gasteiger charge is -2.25. The summed E-state index contributed by atoms with van der Waals surface area (Å²) in [7, 11) is 0. The highest BCUT2D eigenvalue weighted by Crippen LogP contribution is 2.29. The molecule has 148 valence electrons. The van der Waals surface area contributed by atoms with Gasteiger partial charge in [-0.2, -0.15) is 0 Å². The van der Waals surface area contributed by atoms with E-state index in [2.05, 4.69) is 10.3 Å². The van der Waals surface area contributed by atoms with Gasteiger partial charge in [-0.3, -0.25) is 9.59 Å². The number of aryl methyl sites for hydroxylation is 1. The molecule has 6 heteroatoms. The molecule has 2 amide bonds. The van der Waals surface area contributed by atoms with Crippen LogP contribution in [-0.2, 0) is 9.59 Å². The lowest BCUT2D eigenvalue weighted by Crippen LogP contribution is -2.30. The Labute approximate surface area is 174 Å². The maximum absolute atomic E-state index is 12.7. The van der Waals surface area contributed by atoms with E-state index < -0.39 is 0 Å². The van der Waals surface area contributed by atoms with Crippen LogP contribution < -0.4 is 5.32 Å². The molecular weight excluding hydrogens is 382 g/mol. The van der Waals surface area contributed by atoms with E-state index in [1.807, 2.05) is 73.8 Å². The average Bonchev–Trinajstić information content (AvgIpc) is 3.34. The van der Waals surface area contributed by atoms with E-state index in [9.17, 15) is 9.59 Å². The van der Waals surface area contributed by atoms with Gasteiger partial charge >= 0.3 is 0 Å². The monoisotopic (exact) mass is 405 g/mol. The molecule has 0 radical (unpaired) electrons. The van der Waals surface area contributed by atoms with Gasteiger partial charge in [0.05, 0.1) is 22.7 Å². The van der Waals surface area contributed by atoms with Crippen molar-refractivity contribution >= 4 is 28.8 Å². The summed E-state index contributed by atoms with van der Waals surface area (Å²) in [6.07, 6.45) is 0.249. The highest BCUT2D eigenvalue weighted by atomic mass is 32.1. The van der Waals surface area contributed by atoms with Crippen LogP contribution in [0.15, 0.2) is 60.0 Å². The fraction of sp³-hybridized carbons (Fsp3) is 0.261. The first-order valence-electron chi connectivity index (χ1n) is 9.69. The molecule has 0 bridgehead atoms. The van der Waals surface area contributed by atoms with Crippen molar-refractivity contribution < 1.29 is 9.59 Å². The third-order valence-corrected chi connectivity index (χ3v) is 6.12. The minimum absolute atomic E-state index is 0.0238. The molecule has 0 aliphatic carbocycles. The van der Waals surface area contributed by atoms with Gasteiger partial charge in [0.25, 0.3) is 0 Å². The summed E-state index contributed by atoms with van der Waals surface area (Å²) in [5, 5.41) is 6.00. The first-order chi connectivity index (χ1) is 14.0. The van der Waals surface area contributed by atoms with Crippen LogP contribution >= 0.6 is 11.3 Å². The van der Waals surface area contributed by atoms with Crippen LogP contribution in [0.5, 0.6) is 0 Å². The molecule has 2 aromatic carbocycles. The maximum atomic E-state index is 12.7. The third-order valence-electron chi connectivity index (χ3n) is 5.35. The first kappa shape index (κ1) is 19.3. The van der Waals surface area contributed by atoms with Crippen LogP contribution in [0.1, 0.15) is 30.0 Å². The second-order valence-electron chi connectivity index (χ2n) is 7.35. The van der Waals surface area contributed by atoms with Gasteiger partial charge in [-0.25, -0.2) is 4.98 Å². The zero-order chi connectivity index (χ0) is 20.4. The lowest BCUT2D eigenvalue weighted by atomic mass is 10.1. The molecule has 29 heavy (non-hydrogen) atoms. The SMILES string of the molecule is Cc1nc(-c2ccc(NC(=O)[C@H]3CC(=O)N([C@@H](C)c4ccccc4)C3)cc2)cs1. The fourth-order valence-corrected chi connectivity index (χ4v) is 4.28. The summed E-state index contributed by atoms with van der Waals surface area (Å²) in [6, 6.07) is 17.5. The van der Waals surface area contributed by atoms with Crippen molar-refractivity contribution in [3.8, 4) is 11.3 Å². The van der Waals surface area contributed by atoms with Crippen LogP contribution in [0.3, 0.4) is 0 Å². The lowest BCUT2D eigenvalue weighted by molar-refractivity contribution is -0.129. The molecule has 3 aromatic rings. The molecule has 1 aliphatic heterocycles. The molecular formula is C23H23N3O2S. The van der Waals surface area contributed by atoms with Gasteiger partial charge in [0.2, 0.25) is 11.8 Å². The second kappa shape index (κ2) is 8.17. The molecule has 0 unspecified atom stereocenters. The van der Waals surface area contributed by atoms with Gasteiger partial charge in [0, 0.05) is 29.6 Å². The Morgan fingerprint density at radius 3 is 2.55 bits per heavy atom. The van der Waals surface area contributed by atoms with E-state index in [-0.39, 0.29) is 30.2 Å². The van der Waals surface area contributed by atoms with E-state index in [1.54, 1.807) is 16.2 Å². The summed E-state index contributed by atoms with van der Waals surface area (Å²) >= 11 is 1.61. The molecule has 1 saturated heterocycles. The number of aromatic nitrogens is 1. The summed E-state index contributed by atoms with van der Waals surface area (Å²) in [4.78, 5) is 31.5. The van der Waals surface area contributed by atoms with Gasteiger partial charge in [-0.05, 0) is 31.5 Å². The van der Waals surface area contributed by atoms with Gasteiger partial charge < -0.3 is 10.2 Å². The molecule has 1 N–H and O–H groups in total. The molecule has 1 fully saturated rings. The molecule has 4 rings (SSSR count). The van der Waals surface area contributed by atoms with Gasteiger partial charge in [-0.1, -0.05) is 42.5 Å². The summed E-state index contributed by atoms with van der Waals surface area (Å²) in [5.41, 5.74) is 3.77. The number of carbonyl (C=O) groups excluding carboxylic acids is 2. The fourth-order valence-electron chi connectivity index (χ4n) is 3.66. The summed E-state index contributed by atoms with van der Waals surface area (Å²) in [5.74, 6) is -0.427. The topological polar surface area (TPSA) is 62.3 Å². The van der Waals surface area contributed by atoms with E-state index in [0.29, 0.717) is 6.54 Å². The van der Waals surface area contributed by atoms with Crippen LogP contribution in [0.4, 0.5) is 5.69 Å². The number of hydrogen-bond acceptors (Lipinski definition) is 4. The number of carbonyl (C=O) groups is 2. The van der Waals surface area contributed by atoms with Crippen molar-refractivity contribution in [2.24, 2.45) is 5.92 Å². The zero-order valence-corrected chi connectivity index (χ0v) is 17.3. The van der Waals surface area contributed by atoms with E-state index in [4.69, 9.17) is 0 Å². The number of benzene rings is 2. The van der Waals surface area contributed by atoms with Gasteiger partial charge in [0.15, 0.2) is 0 Å². The number of nitrogens with one attached hydrogen (secondary N) is 1. The summed E-state index contributed by atoms with van der Waals surface area (Å²) < 4.78 is 0. The van der Waals surface area contributed by atoms with Crippen molar-refractivity contribution in [3.63, 3.8) is 0 Å². The van der Waals surface area contributed by atoms with Crippen molar-refractivity contribution in [3.05, 3.63) is 70.5 Å². The molecule has 0 spiro atoms. The van der Waals surface area contributed by atoms with Crippen LogP contribution in [0, 0.1) is 12.8 Å². The van der Waals surface area contributed by atoms with Crippen LogP contribution in [0.2, 0.25) is 0 Å². The number of hydrogen-bond donors (Lipinski definition) is 1. The van der Waals surface area contributed by atoms with Crippen LogP contribution in [-0.4, -0.2) is 28.2 Å². The largest absolute Gasteiger partial charge is 0.335 e. The Balaban J connectivity index is 1.39. The van der Waals surface area contributed by atoms with Crippen molar-refractivity contribution in [2.45, 2.75) is 26.3 Å². The number of likely N-dealkylation sites (tertiary alicyclic amines) is 1. The minimum atomic E-state index is -0.338. The Kier molecular flexibility index (Phi) is 5.45. The quantitative estimate of drug-likeness (QED) is 0.671. The normalized spacial score (nSPS) is 17.4.